The number of hydrogen-bond donors (Lipinski definition) is 1. The molecule has 0 heterocycles. The summed E-state index contributed by atoms with van der Waals surface area (Å²) in [6.45, 7) is 3.27. The van der Waals surface area contributed by atoms with Gasteiger partial charge in [-0.1, -0.05) is 105 Å². The van der Waals surface area contributed by atoms with Crippen LogP contribution in [0.4, 0.5) is 10.1 Å². The highest BCUT2D eigenvalue weighted by atomic mass is 32.2. The van der Waals surface area contributed by atoms with Gasteiger partial charge in [0.15, 0.2) is 0 Å². The number of carbonyl (C=O) groups is 2. The van der Waals surface area contributed by atoms with Gasteiger partial charge in [0.1, 0.15) is 18.4 Å². The van der Waals surface area contributed by atoms with Crippen LogP contribution in [0.5, 0.6) is 0 Å². The number of sulfonamides is 1. The number of nitrogens with one attached hydrogen (secondary N) is 1. The van der Waals surface area contributed by atoms with Gasteiger partial charge < -0.3 is 10.2 Å². The van der Waals surface area contributed by atoms with E-state index in [-0.39, 0.29) is 29.8 Å². The highest BCUT2D eigenvalue weighted by molar-refractivity contribution is 7.92. The average Bonchev–Trinajstić information content (AvgIpc) is 3.10. The van der Waals surface area contributed by atoms with E-state index in [0.717, 1.165) is 53.1 Å². The van der Waals surface area contributed by atoms with Crippen molar-refractivity contribution in [2.75, 3.05) is 10.8 Å². The summed E-state index contributed by atoms with van der Waals surface area (Å²) in [7, 11) is -4.20. The van der Waals surface area contributed by atoms with E-state index in [1.807, 2.05) is 56.3 Å². The van der Waals surface area contributed by atoms with Crippen LogP contribution in [0.3, 0.4) is 0 Å². The summed E-state index contributed by atoms with van der Waals surface area (Å²) in [6.07, 6.45) is 5.68. The van der Waals surface area contributed by atoms with Gasteiger partial charge in [0.2, 0.25) is 11.8 Å². The maximum absolute atomic E-state index is 14.7. The molecule has 0 aliphatic heterocycles. The van der Waals surface area contributed by atoms with Crippen LogP contribution in [-0.4, -0.2) is 43.8 Å². The van der Waals surface area contributed by atoms with Crippen molar-refractivity contribution in [1.82, 2.24) is 10.2 Å². The fraction of sp³-hybridized carbons (Fsp3) is 0.333. The van der Waals surface area contributed by atoms with E-state index in [9.17, 15) is 22.4 Å². The second-order valence-corrected chi connectivity index (χ2v) is 14.4. The van der Waals surface area contributed by atoms with E-state index < -0.39 is 34.3 Å². The lowest BCUT2D eigenvalue weighted by atomic mass is 9.94. The Morgan fingerprint density at radius 2 is 1.48 bits per heavy atom. The zero-order valence-corrected chi connectivity index (χ0v) is 28.5. The molecule has 4 aromatic carbocycles. The molecule has 0 saturated heterocycles. The molecule has 7 nitrogen and oxygen atoms in total. The quantitative estimate of drug-likeness (QED) is 0.167. The zero-order chi connectivity index (χ0) is 34.1. The molecule has 0 aromatic heterocycles. The molecule has 1 aliphatic carbocycles. The lowest BCUT2D eigenvalue weighted by Crippen LogP contribution is -2.55. The second-order valence-electron chi connectivity index (χ2n) is 12.5. The Hall–Kier alpha value is -4.50. The Morgan fingerprint density at radius 1 is 0.833 bits per heavy atom. The van der Waals surface area contributed by atoms with Gasteiger partial charge in [-0.3, -0.25) is 13.9 Å². The predicted molar refractivity (Wildman–Crippen MR) is 187 cm³/mol. The van der Waals surface area contributed by atoms with Crippen molar-refractivity contribution in [3.8, 4) is 0 Å². The van der Waals surface area contributed by atoms with E-state index in [2.05, 4.69) is 5.32 Å². The summed E-state index contributed by atoms with van der Waals surface area (Å²) in [5.74, 6) is -1.25. The number of para-hydroxylation sites is 1. The third-order valence-corrected chi connectivity index (χ3v) is 10.8. The summed E-state index contributed by atoms with van der Waals surface area (Å²) in [5.41, 5.74) is 3.56. The first kappa shape index (κ1) is 34.8. The van der Waals surface area contributed by atoms with Crippen molar-refractivity contribution in [2.24, 2.45) is 0 Å². The molecule has 2 amide bonds. The number of anilines is 1. The van der Waals surface area contributed by atoms with Gasteiger partial charge in [0, 0.05) is 19.0 Å². The molecule has 0 radical (unpaired) electrons. The summed E-state index contributed by atoms with van der Waals surface area (Å²) in [4.78, 5) is 30.5. The number of benzene rings is 4. The van der Waals surface area contributed by atoms with Gasteiger partial charge in [0.05, 0.1) is 10.6 Å². The smallest absolute Gasteiger partial charge is 0.264 e. The topological polar surface area (TPSA) is 86.8 Å². The molecule has 1 aliphatic rings. The molecule has 9 heteroatoms. The van der Waals surface area contributed by atoms with Gasteiger partial charge in [0.25, 0.3) is 10.0 Å². The Balaban J connectivity index is 1.58. The maximum atomic E-state index is 14.7. The number of aryl methyl sites for hydroxylation is 2. The van der Waals surface area contributed by atoms with Gasteiger partial charge in [-0.05, 0) is 73.2 Å². The highest BCUT2D eigenvalue weighted by Crippen LogP contribution is 2.29. The lowest BCUT2D eigenvalue weighted by molar-refractivity contribution is -0.140. The largest absolute Gasteiger partial charge is 0.352 e. The van der Waals surface area contributed by atoms with Crippen molar-refractivity contribution >= 4 is 27.5 Å². The number of amides is 2. The first-order valence-corrected chi connectivity index (χ1v) is 18.1. The summed E-state index contributed by atoms with van der Waals surface area (Å²) in [5, 5.41) is 3.21. The normalized spacial score (nSPS) is 14.2. The van der Waals surface area contributed by atoms with Crippen LogP contribution >= 0.6 is 0 Å². The van der Waals surface area contributed by atoms with Crippen LogP contribution in [0.25, 0.3) is 0 Å². The molecule has 1 atom stereocenters. The minimum Gasteiger partial charge on any atom is -0.352 e. The first-order valence-electron chi connectivity index (χ1n) is 16.7. The monoisotopic (exact) mass is 669 g/mol. The SMILES string of the molecule is CCc1ccccc1N(CC(=O)N(Cc1ccc(F)cc1)C(Cc1ccccc1)C(=O)NC1CCCCC1)S(=O)(=O)c1ccc(C)cc1. The van der Waals surface area contributed by atoms with Crippen molar-refractivity contribution in [3.05, 3.63) is 131 Å². The minimum atomic E-state index is -4.20. The van der Waals surface area contributed by atoms with Crippen molar-refractivity contribution < 1.29 is 22.4 Å². The molecule has 4 aromatic rings. The third-order valence-electron chi connectivity index (χ3n) is 9.02. The van der Waals surface area contributed by atoms with Gasteiger partial charge in [-0.25, -0.2) is 12.8 Å². The van der Waals surface area contributed by atoms with Crippen molar-refractivity contribution in [1.29, 1.82) is 0 Å². The van der Waals surface area contributed by atoms with Crippen LogP contribution in [0.15, 0.2) is 108 Å². The van der Waals surface area contributed by atoms with Crippen LogP contribution in [-0.2, 0) is 39.0 Å². The number of carbonyl (C=O) groups excluding carboxylic acids is 2. The minimum absolute atomic E-state index is 0.00198. The molecule has 0 spiro atoms. The van der Waals surface area contributed by atoms with E-state index in [1.165, 1.54) is 17.0 Å². The van der Waals surface area contributed by atoms with Gasteiger partial charge in [-0.15, -0.1) is 0 Å². The second kappa shape index (κ2) is 16.1. The Labute approximate surface area is 283 Å². The van der Waals surface area contributed by atoms with Crippen LogP contribution in [0.2, 0.25) is 0 Å². The van der Waals surface area contributed by atoms with Crippen molar-refractivity contribution in [2.45, 2.75) is 82.3 Å². The number of hydrogen-bond acceptors (Lipinski definition) is 4. The molecule has 48 heavy (non-hydrogen) atoms. The van der Waals surface area contributed by atoms with E-state index in [4.69, 9.17) is 0 Å². The average molecular weight is 670 g/mol. The zero-order valence-electron chi connectivity index (χ0n) is 27.6. The lowest BCUT2D eigenvalue weighted by Gasteiger charge is -2.35. The molecule has 1 unspecified atom stereocenters. The Bertz CT molecular complexity index is 1770. The summed E-state index contributed by atoms with van der Waals surface area (Å²) in [6, 6.07) is 28.0. The number of rotatable bonds is 13. The molecule has 1 N–H and O–H groups in total. The standard InChI is InChI=1S/C39H44FN3O4S/c1-3-32-14-10-11-17-36(32)43(48(46,47)35-24-18-29(2)19-25-35)28-38(44)42(27-31-20-22-33(40)23-21-31)37(26-30-12-6-4-7-13-30)39(45)41-34-15-8-5-9-16-34/h4,6-7,10-14,17-25,34,37H,3,5,8-9,15-16,26-28H2,1-2H3,(H,41,45). The molecule has 5 rings (SSSR count). The maximum Gasteiger partial charge on any atom is 0.264 e. The highest BCUT2D eigenvalue weighted by Gasteiger charge is 2.36. The van der Waals surface area contributed by atoms with E-state index >= 15 is 0 Å². The summed E-state index contributed by atoms with van der Waals surface area (Å²) < 4.78 is 43.8. The fourth-order valence-electron chi connectivity index (χ4n) is 6.29. The van der Waals surface area contributed by atoms with Crippen LogP contribution in [0.1, 0.15) is 61.3 Å². The Kier molecular flexibility index (Phi) is 11.7. The number of nitrogens with zero attached hydrogens (tertiary/aromatic N) is 2. The van der Waals surface area contributed by atoms with E-state index in [1.54, 1.807) is 48.5 Å². The van der Waals surface area contributed by atoms with E-state index in [0.29, 0.717) is 17.7 Å². The van der Waals surface area contributed by atoms with Crippen LogP contribution < -0.4 is 9.62 Å². The summed E-state index contributed by atoms with van der Waals surface area (Å²) >= 11 is 0. The molecule has 1 saturated carbocycles. The predicted octanol–water partition coefficient (Wildman–Crippen LogP) is 6.98. The molecular formula is C39H44FN3O4S. The molecule has 0 bridgehead atoms. The first-order chi connectivity index (χ1) is 23.2. The van der Waals surface area contributed by atoms with Crippen molar-refractivity contribution in [3.63, 3.8) is 0 Å². The third kappa shape index (κ3) is 8.69. The van der Waals surface area contributed by atoms with Gasteiger partial charge in [-0.2, -0.15) is 0 Å². The van der Waals surface area contributed by atoms with Crippen LogP contribution in [0, 0.1) is 12.7 Å². The Morgan fingerprint density at radius 3 is 2.15 bits per heavy atom. The van der Waals surface area contributed by atoms with Gasteiger partial charge >= 0.3 is 0 Å². The molecule has 252 valence electrons. The fourth-order valence-corrected chi connectivity index (χ4v) is 7.74. The molecular weight excluding hydrogens is 626 g/mol. The number of halogens is 1. The molecule has 1 fully saturated rings.